The molecule has 0 aliphatic carbocycles. The molecule has 0 bridgehead atoms. The summed E-state index contributed by atoms with van der Waals surface area (Å²) in [5.41, 5.74) is 0.988. The number of ether oxygens (including phenoxy) is 2. The van der Waals surface area contributed by atoms with E-state index in [1.54, 1.807) is 23.4 Å². The van der Waals surface area contributed by atoms with Crippen LogP contribution < -0.4 is 0 Å². The van der Waals surface area contributed by atoms with Crippen LogP contribution in [0.3, 0.4) is 0 Å². The largest absolute Gasteiger partial charge is 0.355 e. The topological polar surface area (TPSA) is 55.8 Å². The fraction of sp³-hybridized carbons (Fsp3) is 0.467. The molecule has 0 aromatic carbocycles. The van der Waals surface area contributed by atoms with E-state index in [1.807, 2.05) is 0 Å². The normalized spacial score (nSPS) is 15.9. The van der Waals surface area contributed by atoms with Crippen molar-refractivity contribution >= 4 is 11.6 Å². The minimum absolute atomic E-state index is 0.116. The van der Waals surface area contributed by atoms with Crippen molar-refractivity contribution in [2.24, 2.45) is 5.92 Å². The molecule has 0 unspecified atom stereocenters. The number of carbonyl (C=O) groups is 2. The van der Waals surface area contributed by atoms with Gasteiger partial charge < -0.3 is 14.4 Å². The molecule has 0 spiro atoms. The molecule has 1 rings (SSSR count). The number of hydrogen-bond donors (Lipinski definition) is 0. The van der Waals surface area contributed by atoms with Crippen LogP contribution in [0.4, 0.5) is 0 Å². The molecule has 1 heterocycles. The van der Waals surface area contributed by atoms with Crippen LogP contribution in [0.1, 0.15) is 13.8 Å². The van der Waals surface area contributed by atoms with Crippen molar-refractivity contribution < 1.29 is 19.1 Å². The Kier molecular flexibility index (Phi) is 5.85. The molecule has 0 saturated carbocycles. The predicted molar refractivity (Wildman–Crippen MR) is 75.7 cm³/mol. The zero-order valence-corrected chi connectivity index (χ0v) is 12.4. The van der Waals surface area contributed by atoms with Crippen LogP contribution >= 0.6 is 0 Å². The highest BCUT2D eigenvalue weighted by Crippen LogP contribution is 2.32. The third kappa shape index (κ3) is 3.43. The summed E-state index contributed by atoms with van der Waals surface area (Å²) in [6, 6.07) is 0. The van der Waals surface area contributed by atoms with Gasteiger partial charge in [0.15, 0.2) is 17.9 Å². The van der Waals surface area contributed by atoms with Gasteiger partial charge in [0, 0.05) is 44.3 Å². The summed E-state index contributed by atoms with van der Waals surface area (Å²) in [4.78, 5) is 25.5. The Morgan fingerprint density at radius 3 is 2.00 bits per heavy atom. The second-order valence-electron chi connectivity index (χ2n) is 4.58. The van der Waals surface area contributed by atoms with E-state index in [1.165, 1.54) is 28.1 Å². The van der Waals surface area contributed by atoms with Gasteiger partial charge in [0.2, 0.25) is 0 Å². The van der Waals surface area contributed by atoms with E-state index in [0.29, 0.717) is 17.7 Å². The van der Waals surface area contributed by atoms with Crippen molar-refractivity contribution in [3.05, 3.63) is 36.2 Å². The molecule has 0 aromatic heterocycles. The standard InChI is InChI=1S/C15H21NO4/c1-6-7-16-8-12(10(2)17)14(15(19-4)20-5)13(9-16)11(3)18/h6,8-9,14-15H,1,7H2,2-5H3. The maximum Gasteiger partial charge on any atom is 0.167 e. The Morgan fingerprint density at radius 1 is 1.25 bits per heavy atom. The molecule has 5 nitrogen and oxygen atoms in total. The number of Topliss-reactive ketones (excluding diaryl/α,β-unsaturated/α-hetero) is 2. The quantitative estimate of drug-likeness (QED) is 0.524. The average Bonchev–Trinajstić information content (AvgIpc) is 2.40. The Morgan fingerprint density at radius 2 is 1.70 bits per heavy atom. The Hall–Kier alpha value is -1.72. The molecule has 5 heteroatoms. The highest BCUT2D eigenvalue weighted by Gasteiger charge is 2.36. The minimum atomic E-state index is -0.675. The summed E-state index contributed by atoms with van der Waals surface area (Å²) in [5, 5.41) is 0. The molecule has 0 saturated heterocycles. The number of hydrogen-bond acceptors (Lipinski definition) is 5. The van der Waals surface area contributed by atoms with E-state index in [-0.39, 0.29) is 11.6 Å². The summed E-state index contributed by atoms with van der Waals surface area (Å²) in [7, 11) is 2.97. The molecule has 0 atom stereocenters. The van der Waals surface area contributed by atoms with Gasteiger partial charge >= 0.3 is 0 Å². The fourth-order valence-electron chi connectivity index (χ4n) is 2.26. The summed E-state index contributed by atoms with van der Waals surface area (Å²) in [6.07, 6.45) is 4.46. The number of ketones is 2. The molecule has 1 aliphatic rings. The lowest BCUT2D eigenvalue weighted by molar-refractivity contribution is -0.133. The van der Waals surface area contributed by atoms with E-state index in [9.17, 15) is 9.59 Å². The first kappa shape index (κ1) is 16.3. The Balaban J connectivity index is 3.30. The Labute approximate surface area is 119 Å². The van der Waals surface area contributed by atoms with Gasteiger partial charge in [-0.05, 0) is 13.8 Å². The van der Waals surface area contributed by atoms with Crippen LogP contribution in [0, 0.1) is 5.92 Å². The molecular weight excluding hydrogens is 258 g/mol. The molecule has 1 aliphatic heterocycles. The van der Waals surface area contributed by atoms with Crippen molar-refractivity contribution in [3.63, 3.8) is 0 Å². The van der Waals surface area contributed by atoms with Gasteiger partial charge in [-0.3, -0.25) is 9.59 Å². The average molecular weight is 279 g/mol. The van der Waals surface area contributed by atoms with Crippen LogP contribution in [0.2, 0.25) is 0 Å². The maximum atomic E-state index is 11.9. The van der Waals surface area contributed by atoms with Crippen LogP contribution in [0.25, 0.3) is 0 Å². The summed E-state index contributed by atoms with van der Waals surface area (Å²) < 4.78 is 10.5. The molecule has 20 heavy (non-hydrogen) atoms. The minimum Gasteiger partial charge on any atom is -0.355 e. The first-order valence-electron chi connectivity index (χ1n) is 6.33. The smallest absolute Gasteiger partial charge is 0.167 e. The second-order valence-corrected chi connectivity index (χ2v) is 4.58. The molecule has 0 N–H and O–H groups in total. The number of rotatable bonds is 7. The van der Waals surface area contributed by atoms with Crippen LogP contribution in [0.5, 0.6) is 0 Å². The van der Waals surface area contributed by atoms with Gasteiger partial charge in [-0.25, -0.2) is 0 Å². The van der Waals surface area contributed by atoms with Gasteiger partial charge in [0.25, 0.3) is 0 Å². The first-order valence-corrected chi connectivity index (χ1v) is 6.33. The monoisotopic (exact) mass is 279 g/mol. The maximum absolute atomic E-state index is 11.9. The van der Waals surface area contributed by atoms with E-state index < -0.39 is 12.2 Å². The number of nitrogens with zero attached hydrogens (tertiary/aromatic N) is 1. The number of carbonyl (C=O) groups excluding carboxylic acids is 2. The second kappa shape index (κ2) is 7.17. The zero-order chi connectivity index (χ0) is 15.3. The summed E-state index contributed by atoms with van der Waals surface area (Å²) in [5.74, 6) is -0.744. The van der Waals surface area contributed by atoms with E-state index >= 15 is 0 Å². The van der Waals surface area contributed by atoms with Crippen molar-refractivity contribution in [1.29, 1.82) is 0 Å². The van der Waals surface area contributed by atoms with Crippen LogP contribution in [-0.2, 0) is 19.1 Å². The van der Waals surface area contributed by atoms with E-state index in [4.69, 9.17) is 9.47 Å². The lowest BCUT2D eigenvalue weighted by atomic mass is 9.85. The van der Waals surface area contributed by atoms with Gasteiger partial charge in [-0.2, -0.15) is 0 Å². The lowest BCUT2D eigenvalue weighted by Crippen LogP contribution is -2.36. The molecule has 0 fully saturated rings. The predicted octanol–water partition coefficient (Wildman–Crippen LogP) is 1.67. The fourth-order valence-corrected chi connectivity index (χ4v) is 2.26. The molecule has 0 aromatic rings. The van der Waals surface area contributed by atoms with Gasteiger partial charge in [0.1, 0.15) is 0 Å². The van der Waals surface area contributed by atoms with Gasteiger partial charge in [0.05, 0.1) is 5.92 Å². The Bertz CT molecular complexity index is 428. The molecular formula is C15H21NO4. The van der Waals surface area contributed by atoms with E-state index in [0.717, 1.165) is 0 Å². The van der Waals surface area contributed by atoms with Crippen LogP contribution in [0.15, 0.2) is 36.2 Å². The summed E-state index contributed by atoms with van der Waals surface area (Å²) in [6.45, 7) is 7.12. The number of methoxy groups -OCH3 is 2. The highest BCUT2D eigenvalue weighted by atomic mass is 16.7. The van der Waals surface area contributed by atoms with Crippen molar-refractivity contribution in [3.8, 4) is 0 Å². The van der Waals surface area contributed by atoms with Crippen molar-refractivity contribution in [2.75, 3.05) is 20.8 Å². The van der Waals surface area contributed by atoms with Gasteiger partial charge in [-0.1, -0.05) is 6.08 Å². The third-order valence-electron chi connectivity index (χ3n) is 3.17. The SMILES string of the molecule is C=CCN1C=C(C(C)=O)C(C(OC)OC)C(C(C)=O)=C1. The molecule has 110 valence electrons. The van der Waals surface area contributed by atoms with E-state index in [2.05, 4.69) is 6.58 Å². The van der Waals surface area contributed by atoms with Crippen molar-refractivity contribution in [2.45, 2.75) is 20.1 Å². The third-order valence-corrected chi connectivity index (χ3v) is 3.17. The zero-order valence-electron chi connectivity index (χ0n) is 12.4. The first-order chi connectivity index (χ1) is 9.46. The molecule has 0 radical (unpaired) electrons. The molecule has 0 amide bonds. The highest BCUT2D eigenvalue weighted by molar-refractivity contribution is 6.00. The van der Waals surface area contributed by atoms with Crippen LogP contribution in [-0.4, -0.2) is 43.5 Å². The lowest BCUT2D eigenvalue weighted by Gasteiger charge is -2.33. The summed E-state index contributed by atoms with van der Waals surface area (Å²) >= 11 is 0. The van der Waals surface area contributed by atoms with Crippen molar-refractivity contribution in [1.82, 2.24) is 4.90 Å². The van der Waals surface area contributed by atoms with Gasteiger partial charge in [-0.15, -0.1) is 6.58 Å².